The lowest BCUT2D eigenvalue weighted by atomic mass is 9.77. The third-order valence-electron chi connectivity index (χ3n) is 6.41. The predicted molar refractivity (Wildman–Crippen MR) is 89.7 cm³/mol. The van der Waals surface area contributed by atoms with E-state index in [0.717, 1.165) is 32.4 Å². The lowest BCUT2D eigenvalue weighted by Crippen LogP contribution is -2.52. The Hall–Kier alpha value is -1.79. The van der Waals surface area contributed by atoms with Crippen LogP contribution in [0.1, 0.15) is 38.5 Å². The van der Waals surface area contributed by atoms with Gasteiger partial charge >= 0.3 is 6.09 Å². The van der Waals surface area contributed by atoms with Gasteiger partial charge < -0.3 is 14.5 Å². The van der Waals surface area contributed by atoms with Crippen molar-refractivity contribution in [3.05, 3.63) is 0 Å². The minimum atomic E-state index is -0.414. The van der Waals surface area contributed by atoms with Crippen molar-refractivity contribution < 1.29 is 19.1 Å². The maximum absolute atomic E-state index is 13.1. The zero-order valence-corrected chi connectivity index (χ0v) is 14.7. The summed E-state index contributed by atoms with van der Waals surface area (Å²) in [5, 5.41) is 0. The van der Waals surface area contributed by atoms with Gasteiger partial charge in [-0.3, -0.25) is 14.5 Å². The summed E-state index contributed by atoms with van der Waals surface area (Å²) in [7, 11) is 0. The molecule has 0 unspecified atom stereocenters. The van der Waals surface area contributed by atoms with Crippen molar-refractivity contribution in [2.75, 3.05) is 45.9 Å². The van der Waals surface area contributed by atoms with Crippen LogP contribution in [0.15, 0.2) is 0 Å². The van der Waals surface area contributed by atoms with Crippen molar-refractivity contribution in [3.63, 3.8) is 0 Å². The first-order valence-corrected chi connectivity index (χ1v) is 9.56. The first-order chi connectivity index (χ1) is 12.1. The van der Waals surface area contributed by atoms with Crippen LogP contribution in [0.5, 0.6) is 0 Å². The highest BCUT2D eigenvalue weighted by Gasteiger charge is 2.49. The molecule has 0 radical (unpaired) electrons. The van der Waals surface area contributed by atoms with Crippen LogP contribution >= 0.6 is 0 Å². The first-order valence-electron chi connectivity index (χ1n) is 9.56. The second-order valence-electron chi connectivity index (χ2n) is 8.03. The molecule has 138 valence electrons. The summed E-state index contributed by atoms with van der Waals surface area (Å²) in [6.45, 7) is 3.77. The zero-order chi connectivity index (χ0) is 17.4. The van der Waals surface area contributed by atoms with E-state index in [9.17, 15) is 14.4 Å². The normalized spacial score (nSPS) is 30.2. The van der Waals surface area contributed by atoms with Crippen molar-refractivity contribution >= 4 is 17.9 Å². The summed E-state index contributed by atoms with van der Waals surface area (Å²) < 4.78 is 4.88. The number of hydrogen-bond donors (Lipinski definition) is 0. The molecular formula is C18H27N3O4. The zero-order valence-electron chi connectivity index (χ0n) is 14.7. The quantitative estimate of drug-likeness (QED) is 0.761. The van der Waals surface area contributed by atoms with Crippen LogP contribution < -0.4 is 0 Å². The third kappa shape index (κ3) is 3.09. The van der Waals surface area contributed by atoms with E-state index in [1.807, 2.05) is 0 Å². The van der Waals surface area contributed by atoms with E-state index in [2.05, 4.69) is 4.90 Å². The highest BCUT2D eigenvalue weighted by Crippen LogP contribution is 2.41. The van der Waals surface area contributed by atoms with Crippen molar-refractivity contribution in [1.82, 2.24) is 14.7 Å². The number of ether oxygens (including phenoxy) is 1. The fourth-order valence-corrected chi connectivity index (χ4v) is 4.61. The molecule has 1 spiro atoms. The Balaban J connectivity index is 1.37. The fourth-order valence-electron chi connectivity index (χ4n) is 4.61. The predicted octanol–water partition coefficient (Wildman–Crippen LogP) is 1.08. The van der Waals surface area contributed by atoms with E-state index < -0.39 is 6.09 Å². The molecule has 25 heavy (non-hydrogen) atoms. The summed E-state index contributed by atoms with van der Waals surface area (Å²) >= 11 is 0. The molecule has 0 aromatic rings. The second kappa shape index (κ2) is 6.50. The monoisotopic (exact) mass is 349 g/mol. The van der Waals surface area contributed by atoms with E-state index in [4.69, 9.17) is 4.74 Å². The summed E-state index contributed by atoms with van der Waals surface area (Å²) in [6, 6.07) is 0. The Morgan fingerprint density at radius 1 is 1.08 bits per heavy atom. The number of nitrogens with zero attached hydrogens (tertiary/aromatic N) is 3. The van der Waals surface area contributed by atoms with Crippen LogP contribution in [0, 0.1) is 11.3 Å². The third-order valence-corrected chi connectivity index (χ3v) is 6.41. The molecule has 1 saturated carbocycles. The summed E-state index contributed by atoms with van der Waals surface area (Å²) in [5.41, 5.74) is -0.386. The number of piperidine rings is 1. The average molecular weight is 349 g/mol. The van der Waals surface area contributed by atoms with Gasteiger partial charge in [0.1, 0.15) is 13.2 Å². The minimum absolute atomic E-state index is 0.0644. The Morgan fingerprint density at radius 3 is 2.60 bits per heavy atom. The Bertz CT molecular complexity index is 577. The number of likely N-dealkylation sites (tertiary alicyclic amines) is 2. The fraction of sp³-hybridized carbons (Fsp3) is 0.833. The van der Waals surface area contributed by atoms with Crippen LogP contribution in [-0.4, -0.2) is 78.5 Å². The maximum Gasteiger partial charge on any atom is 0.410 e. The van der Waals surface area contributed by atoms with Gasteiger partial charge in [-0.05, 0) is 38.0 Å². The molecule has 3 aliphatic heterocycles. The largest absolute Gasteiger partial charge is 0.448 e. The lowest BCUT2D eigenvalue weighted by Gasteiger charge is -2.42. The molecule has 3 saturated heterocycles. The first kappa shape index (κ1) is 16.7. The maximum atomic E-state index is 13.1. The molecule has 7 heteroatoms. The van der Waals surface area contributed by atoms with Crippen molar-refractivity contribution in [2.45, 2.75) is 38.5 Å². The van der Waals surface area contributed by atoms with Gasteiger partial charge in [-0.2, -0.15) is 0 Å². The molecule has 1 atom stereocenters. The van der Waals surface area contributed by atoms with E-state index in [1.54, 1.807) is 4.90 Å². The molecule has 4 rings (SSSR count). The van der Waals surface area contributed by atoms with Crippen LogP contribution in [0.3, 0.4) is 0 Å². The number of cyclic esters (lactones) is 1. The molecule has 0 N–H and O–H groups in total. The molecule has 3 heterocycles. The number of carbonyl (C=O) groups is 3. The molecule has 0 aromatic heterocycles. The molecule has 4 aliphatic rings. The molecule has 4 fully saturated rings. The van der Waals surface area contributed by atoms with Crippen molar-refractivity contribution in [2.24, 2.45) is 11.3 Å². The Labute approximate surface area is 148 Å². The van der Waals surface area contributed by atoms with Gasteiger partial charge in [0.15, 0.2) is 0 Å². The van der Waals surface area contributed by atoms with Gasteiger partial charge in [-0.25, -0.2) is 4.79 Å². The van der Waals surface area contributed by atoms with Crippen LogP contribution in [0.4, 0.5) is 4.79 Å². The molecule has 3 amide bonds. The van der Waals surface area contributed by atoms with Gasteiger partial charge in [0, 0.05) is 26.2 Å². The Morgan fingerprint density at radius 2 is 1.92 bits per heavy atom. The number of amides is 3. The van der Waals surface area contributed by atoms with Crippen LogP contribution in [-0.2, 0) is 14.3 Å². The van der Waals surface area contributed by atoms with Crippen molar-refractivity contribution in [3.8, 4) is 0 Å². The van der Waals surface area contributed by atoms with Gasteiger partial charge in [0.25, 0.3) is 0 Å². The van der Waals surface area contributed by atoms with E-state index in [0.29, 0.717) is 32.2 Å². The van der Waals surface area contributed by atoms with E-state index in [1.165, 1.54) is 24.2 Å². The highest BCUT2D eigenvalue weighted by molar-refractivity contribution is 5.87. The van der Waals surface area contributed by atoms with E-state index in [-0.39, 0.29) is 23.8 Å². The van der Waals surface area contributed by atoms with Gasteiger partial charge in [0.05, 0.1) is 12.0 Å². The standard InChI is InChI=1S/C18H27N3O4/c22-15(12-20-9-10-25-17(20)24)21-8-6-18(13-21)5-2-7-19(16(18)23)11-14-3-1-4-14/h14H,1-13H2/t18-/m0/s1. The molecule has 0 bridgehead atoms. The average Bonchev–Trinajstić information content (AvgIpc) is 3.15. The van der Waals surface area contributed by atoms with Gasteiger partial charge in [-0.1, -0.05) is 6.42 Å². The number of carbonyl (C=O) groups excluding carboxylic acids is 3. The van der Waals surface area contributed by atoms with Crippen LogP contribution in [0.25, 0.3) is 0 Å². The van der Waals surface area contributed by atoms with Gasteiger partial charge in [0.2, 0.25) is 11.8 Å². The number of rotatable bonds is 4. The molecule has 7 nitrogen and oxygen atoms in total. The lowest BCUT2D eigenvalue weighted by molar-refractivity contribution is -0.147. The number of hydrogen-bond acceptors (Lipinski definition) is 4. The van der Waals surface area contributed by atoms with Crippen molar-refractivity contribution in [1.29, 1.82) is 0 Å². The smallest absolute Gasteiger partial charge is 0.410 e. The highest BCUT2D eigenvalue weighted by atomic mass is 16.6. The van der Waals surface area contributed by atoms with Crippen LogP contribution in [0.2, 0.25) is 0 Å². The second-order valence-corrected chi connectivity index (χ2v) is 8.03. The minimum Gasteiger partial charge on any atom is -0.448 e. The molecule has 1 aliphatic carbocycles. The summed E-state index contributed by atoms with van der Waals surface area (Å²) in [4.78, 5) is 42.4. The SMILES string of the molecule is O=C(CN1CCOC1=O)N1CC[C@@]2(CCCN(CC3CCC3)C2=O)C1. The topological polar surface area (TPSA) is 70.2 Å². The summed E-state index contributed by atoms with van der Waals surface area (Å²) in [6.07, 6.45) is 6.02. The molecule has 0 aromatic carbocycles. The molecular weight excluding hydrogens is 322 g/mol. The van der Waals surface area contributed by atoms with E-state index >= 15 is 0 Å². The summed E-state index contributed by atoms with van der Waals surface area (Å²) in [5.74, 6) is 0.862. The Kier molecular flexibility index (Phi) is 4.33. The van der Waals surface area contributed by atoms with Gasteiger partial charge in [-0.15, -0.1) is 0 Å².